The van der Waals surface area contributed by atoms with Crippen LogP contribution in [0.25, 0.3) is 0 Å². The summed E-state index contributed by atoms with van der Waals surface area (Å²) in [6.45, 7) is 3.80. The highest BCUT2D eigenvalue weighted by Crippen LogP contribution is 2.24. The van der Waals surface area contributed by atoms with Gasteiger partial charge in [-0.15, -0.1) is 0 Å². The van der Waals surface area contributed by atoms with Gasteiger partial charge in [0, 0.05) is 38.0 Å². The minimum absolute atomic E-state index is 0.00409. The van der Waals surface area contributed by atoms with Crippen LogP contribution in [0, 0.1) is 18.8 Å². The molecule has 1 aliphatic carbocycles. The second-order valence-electron chi connectivity index (χ2n) is 8.32. The van der Waals surface area contributed by atoms with Gasteiger partial charge in [-0.2, -0.15) is 0 Å². The van der Waals surface area contributed by atoms with Crippen molar-refractivity contribution in [2.24, 2.45) is 11.8 Å². The number of carbonyl (C=O) groups is 3. The first-order valence-corrected chi connectivity index (χ1v) is 10.6. The summed E-state index contributed by atoms with van der Waals surface area (Å²) in [6.07, 6.45) is 4.81. The number of urea groups is 1. The van der Waals surface area contributed by atoms with E-state index in [0.717, 1.165) is 31.2 Å². The highest BCUT2D eigenvalue weighted by molar-refractivity contribution is 5.86. The van der Waals surface area contributed by atoms with Crippen LogP contribution in [0.1, 0.15) is 49.7 Å². The van der Waals surface area contributed by atoms with Crippen LogP contribution in [-0.2, 0) is 16.1 Å². The number of benzene rings is 1. The second kappa shape index (κ2) is 10.3. The number of hydrogen-bond acceptors (Lipinski definition) is 3. The van der Waals surface area contributed by atoms with E-state index < -0.39 is 0 Å². The molecule has 1 aliphatic heterocycles. The number of rotatable bonds is 6. The van der Waals surface area contributed by atoms with Crippen molar-refractivity contribution in [1.82, 2.24) is 21.3 Å². The Morgan fingerprint density at radius 2 is 1.76 bits per heavy atom. The molecule has 0 bridgehead atoms. The zero-order valence-electron chi connectivity index (χ0n) is 17.1. The molecule has 0 radical (unpaired) electrons. The van der Waals surface area contributed by atoms with E-state index in [4.69, 9.17) is 0 Å². The Kier molecular flexibility index (Phi) is 7.49. The molecule has 29 heavy (non-hydrogen) atoms. The first-order valence-electron chi connectivity index (χ1n) is 10.6. The van der Waals surface area contributed by atoms with Gasteiger partial charge in [0.2, 0.25) is 11.8 Å². The van der Waals surface area contributed by atoms with Gasteiger partial charge in [0.05, 0.1) is 0 Å². The maximum Gasteiger partial charge on any atom is 0.315 e. The summed E-state index contributed by atoms with van der Waals surface area (Å²) in [7, 11) is 0. The Labute approximate surface area is 172 Å². The molecule has 4 amide bonds. The molecule has 7 heteroatoms. The summed E-state index contributed by atoms with van der Waals surface area (Å²) in [5.41, 5.74) is 2.29. The fourth-order valence-corrected chi connectivity index (χ4v) is 4.03. The molecule has 1 heterocycles. The Morgan fingerprint density at radius 1 is 1.03 bits per heavy atom. The average molecular weight is 401 g/mol. The molecular formula is C22H32N4O3. The van der Waals surface area contributed by atoms with Gasteiger partial charge in [-0.25, -0.2) is 4.79 Å². The van der Waals surface area contributed by atoms with E-state index in [2.05, 4.69) is 21.3 Å². The maximum atomic E-state index is 12.2. The third-order valence-electron chi connectivity index (χ3n) is 5.94. The van der Waals surface area contributed by atoms with Gasteiger partial charge in [0.15, 0.2) is 0 Å². The Morgan fingerprint density at radius 3 is 2.45 bits per heavy atom. The SMILES string of the molecule is Cc1ccc(CNC(=O)NC2CCC(CNC(=O)C3CCNC(=O)C3)CC2)cc1. The standard InChI is InChI=1S/C22H32N4O3/c1-15-2-4-16(5-3-15)14-25-22(29)26-19-8-6-17(7-9-19)13-24-21(28)18-10-11-23-20(27)12-18/h2-5,17-19H,6-14H2,1H3,(H,23,27)(H,24,28)(H2,25,26,29). The van der Waals surface area contributed by atoms with Crippen LogP contribution >= 0.6 is 0 Å². The number of hydrogen-bond donors (Lipinski definition) is 4. The van der Waals surface area contributed by atoms with Gasteiger partial charge < -0.3 is 21.3 Å². The lowest BCUT2D eigenvalue weighted by Crippen LogP contribution is -2.45. The molecule has 1 saturated carbocycles. The predicted octanol–water partition coefficient (Wildman–Crippen LogP) is 2.00. The topological polar surface area (TPSA) is 99.3 Å². The number of nitrogens with one attached hydrogen (secondary N) is 4. The van der Waals surface area contributed by atoms with Crippen LogP contribution in [0.3, 0.4) is 0 Å². The maximum absolute atomic E-state index is 12.2. The highest BCUT2D eigenvalue weighted by atomic mass is 16.2. The van der Waals surface area contributed by atoms with Gasteiger partial charge in [0.1, 0.15) is 0 Å². The fourth-order valence-electron chi connectivity index (χ4n) is 4.03. The highest BCUT2D eigenvalue weighted by Gasteiger charge is 2.27. The Hall–Kier alpha value is -2.57. The average Bonchev–Trinajstić information content (AvgIpc) is 2.72. The van der Waals surface area contributed by atoms with E-state index in [1.54, 1.807) is 0 Å². The van der Waals surface area contributed by atoms with Crippen molar-refractivity contribution in [3.05, 3.63) is 35.4 Å². The molecule has 1 unspecified atom stereocenters. The lowest BCUT2D eigenvalue weighted by molar-refractivity contribution is -0.132. The molecular weight excluding hydrogens is 368 g/mol. The van der Waals surface area contributed by atoms with Gasteiger partial charge >= 0.3 is 6.03 Å². The fraction of sp³-hybridized carbons (Fsp3) is 0.591. The molecule has 4 N–H and O–H groups in total. The Balaban J connectivity index is 1.30. The quantitative estimate of drug-likeness (QED) is 0.588. The minimum Gasteiger partial charge on any atom is -0.356 e. The molecule has 2 fully saturated rings. The summed E-state index contributed by atoms with van der Waals surface area (Å²) in [4.78, 5) is 35.8. The van der Waals surface area contributed by atoms with Gasteiger partial charge in [-0.3, -0.25) is 9.59 Å². The van der Waals surface area contributed by atoms with Crippen molar-refractivity contribution >= 4 is 17.8 Å². The molecule has 1 aromatic carbocycles. The smallest absolute Gasteiger partial charge is 0.315 e. The van der Waals surface area contributed by atoms with Crippen molar-refractivity contribution in [3.8, 4) is 0 Å². The number of amides is 4. The molecule has 158 valence electrons. The molecule has 1 aromatic rings. The first-order chi connectivity index (χ1) is 14.0. The number of aryl methyl sites for hydroxylation is 1. The van der Waals surface area contributed by atoms with E-state index in [0.29, 0.717) is 38.4 Å². The molecule has 3 rings (SSSR count). The van der Waals surface area contributed by atoms with Crippen molar-refractivity contribution in [2.45, 2.75) is 58.0 Å². The van der Waals surface area contributed by atoms with E-state index >= 15 is 0 Å². The van der Waals surface area contributed by atoms with Gasteiger partial charge in [-0.1, -0.05) is 29.8 Å². The van der Waals surface area contributed by atoms with Crippen molar-refractivity contribution in [1.29, 1.82) is 0 Å². The summed E-state index contributed by atoms with van der Waals surface area (Å²) < 4.78 is 0. The minimum atomic E-state index is -0.195. The Bertz CT molecular complexity index is 711. The van der Waals surface area contributed by atoms with Gasteiger partial charge in [-0.05, 0) is 50.5 Å². The summed E-state index contributed by atoms with van der Waals surface area (Å²) in [5, 5.41) is 11.8. The van der Waals surface area contributed by atoms with Gasteiger partial charge in [0.25, 0.3) is 0 Å². The number of carbonyl (C=O) groups excluding carboxylic acids is 3. The van der Waals surface area contributed by atoms with Crippen molar-refractivity contribution in [2.75, 3.05) is 13.1 Å². The first kappa shape index (κ1) is 21.1. The van der Waals surface area contributed by atoms with E-state index in [1.165, 1.54) is 5.56 Å². The normalized spacial score (nSPS) is 24.3. The molecule has 1 saturated heterocycles. The number of piperidine rings is 1. The molecule has 0 spiro atoms. The molecule has 2 aliphatic rings. The third kappa shape index (κ3) is 6.76. The third-order valence-corrected chi connectivity index (χ3v) is 5.94. The van der Waals surface area contributed by atoms with Crippen LogP contribution in [-0.4, -0.2) is 37.0 Å². The van der Waals surface area contributed by atoms with E-state index in [-0.39, 0.29) is 29.8 Å². The zero-order valence-corrected chi connectivity index (χ0v) is 17.1. The predicted molar refractivity (Wildman–Crippen MR) is 111 cm³/mol. The van der Waals surface area contributed by atoms with Crippen LogP contribution < -0.4 is 21.3 Å². The molecule has 1 atom stereocenters. The monoisotopic (exact) mass is 400 g/mol. The summed E-state index contributed by atoms with van der Waals surface area (Å²) >= 11 is 0. The van der Waals surface area contributed by atoms with Crippen LogP contribution in [0.5, 0.6) is 0 Å². The summed E-state index contributed by atoms with van der Waals surface area (Å²) in [5.74, 6) is 0.197. The summed E-state index contributed by atoms with van der Waals surface area (Å²) in [6, 6.07) is 8.18. The molecule has 0 aromatic heterocycles. The van der Waals surface area contributed by atoms with Crippen LogP contribution in [0.2, 0.25) is 0 Å². The van der Waals surface area contributed by atoms with Crippen molar-refractivity contribution < 1.29 is 14.4 Å². The lowest BCUT2D eigenvalue weighted by atomic mass is 9.86. The largest absolute Gasteiger partial charge is 0.356 e. The zero-order chi connectivity index (χ0) is 20.6. The van der Waals surface area contributed by atoms with Crippen LogP contribution in [0.15, 0.2) is 24.3 Å². The molecule has 7 nitrogen and oxygen atoms in total. The second-order valence-corrected chi connectivity index (χ2v) is 8.32. The van der Waals surface area contributed by atoms with E-state index in [1.807, 2.05) is 31.2 Å². The van der Waals surface area contributed by atoms with E-state index in [9.17, 15) is 14.4 Å². The van der Waals surface area contributed by atoms with Crippen molar-refractivity contribution in [3.63, 3.8) is 0 Å². The lowest BCUT2D eigenvalue weighted by Gasteiger charge is -2.30. The van der Waals surface area contributed by atoms with Crippen LogP contribution in [0.4, 0.5) is 4.79 Å².